The molecule has 2 aromatic heterocycles. The SMILES string of the molecule is Cc1cc2c(Br)ccn2c2c(Cl)cc(Cl)cc12. The van der Waals surface area contributed by atoms with Crippen molar-refractivity contribution >= 4 is 55.6 Å². The lowest BCUT2D eigenvalue weighted by atomic mass is 10.1. The van der Waals surface area contributed by atoms with Crippen molar-refractivity contribution in [2.24, 2.45) is 0 Å². The van der Waals surface area contributed by atoms with E-state index < -0.39 is 0 Å². The molecule has 0 bridgehead atoms. The van der Waals surface area contributed by atoms with E-state index >= 15 is 0 Å². The van der Waals surface area contributed by atoms with Crippen LogP contribution in [0.1, 0.15) is 5.56 Å². The summed E-state index contributed by atoms with van der Waals surface area (Å²) in [5.74, 6) is 0. The van der Waals surface area contributed by atoms with E-state index in [1.165, 1.54) is 0 Å². The van der Waals surface area contributed by atoms with E-state index in [1.54, 1.807) is 6.07 Å². The first-order chi connectivity index (χ1) is 8.08. The topological polar surface area (TPSA) is 4.41 Å². The third kappa shape index (κ3) is 1.67. The minimum atomic E-state index is 0.663. The highest BCUT2D eigenvalue weighted by atomic mass is 79.9. The fraction of sp³-hybridized carbons (Fsp3) is 0.0769. The molecule has 4 heteroatoms. The molecule has 3 aromatic rings. The second kappa shape index (κ2) is 3.91. The van der Waals surface area contributed by atoms with Gasteiger partial charge in [-0.25, -0.2) is 0 Å². The number of pyridine rings is 1. The van der Waals surface area contributed by atoms with Crippen LogP contribution in [-0.2, 0) is 0 Å². The van der Waals surface area contributed by atoms with Crippen LogP contribution in [0.3, 0.4) is 0 Å². The maximum absolute atomic E-state index is 6.30. The monoisotopic (exact) mass is 327 g/mol. The predicted molar refractivity (Wildman–Crippen MR) is 77.4 cm³/mol. The Hall–Kier alpha value is -0.700. The molecular formula is C13H8BrCl2N. The molecule has 17 heavy (non-hydrogen) atoms. The lowest BCUT2D eigenvalue weighted by Crippen LogP contribution is -1.90. The number of aryl methyl sites for hydroxylation is 1. The van der Waals surface area contributed by atoms with Crippen LogP contribution in [0.4, 0.5) is 0 Å². The zero-order valence-corrected chi connectivity index (χ0v) is 12.1. The summed E-state index contributed by atoms with van der Waals surface area (Å²) in [5.41, 5.74) is 3.27. The number of benzene rings is 1. The smallest absolute Gasteiger partial charge is 0.0719 e. The summed E-state index contributed by atoms with van der Waals surface area (Å²) >= 11 is 15.9. The summed E-state index contributed by atoms with van der Waals surface area (Å²) in [4.78, 5) is 0. The van der Waals surface area contributed by atoms with Gasteiger partial charge in [-0.1, -0.05) is 23.2 Å². The third-order valence-electron chi connectivity index (χ3n) is 2.92. The first-order valence-corrected chi connectivity index (χ1v) is 6.68. The second-order valence-electron chi connectivity index (χ2n) is 4.03. The Bertz CT molecular complexity index is 746. The van der Waals surface area contributed by atoms with Crippen LogP contribution in [0.15, 0.2) is 34.9 Å². The van der Waals surface area contributed by atoms with E-state index in [0.29, 0.717) is 10.0 Å². The molecule has 0 radical (unpaired) electrons. The second-order valence-corrected chi connectivity index (χ2v) is 5.73. The fourth-order valence-electron chi connectivity index (χ4n) is 2.15. The van der Waals surface area contributed by atoms with Gasteiger partial charge in [-0.15, -0.1) is 0 Å². The van der Waals surface area contributed by atoms with Crippen molar-refractivity contribution in [2.75, 3.05) is 0 Å². The largest absolute Gasteiger partial charge is 0.314 e. The molecule has 86 valence electrons. The molecule has 2 heterocycles. The summed E-state index contributed by atoms with van der Waals surface area (Å²) < 4.78 is 3.14. The number of rotatable bonds is 0. The van der Waals surface area contributed by atoms with Crippen molar-refractivity contribution in [1.82, 2.24) is 4.40 Å². The van der Waals surface area contributed by atoms with Gasteiger partial charge in [0, 0.05) is 21.1 Å². The van der Waals surface area contributed by atoms with Crippen molar-refractivity contribution in [3.8, 4) is 0 Å². The molecule has 3 rings (SSSR count). The van der Waals surface area contributed by atoms with Gasteiger partial charge in [0.2, 0.25) is 0 Å². The number of fused-ring (bicyclic) bond motifs is 3. The number of hydrogen-bond acceptors (Lipinski definition) is 0. The molecule has 0 unspecified atom stereocenters. The summed E-state index contributed by atoms with van der Waals surface area (Å²) in [5, 5.41) is 2.42. The summed E-state index contributed by atoms with van der Waals surface area (Å²) in [6, 6.07) is 7.86. The zero-order valence-electron chi connectivity index (χ0n) is 8.97. The minimum Gasteiger partial charge on any atom is -0.314 e. The Balaban J connectivity index is 2.65. The molecule has 0 fully saturated rings. The molecular weight excluding hydrogens is 321 g/mol. The molecule has 0 aliphatic heterocycles. The van der Waals surface area contributed by atoms with Gasteiger partial charge in [0.25, 0.3) is 0 Å². The van der Waals surface area contributed by atoms with Crippen molar-refractivity contribution in [1.29, 1.82) is 0 Å². The Kier molecular flexibility index (Phi) is 2.62. The molecule has 0 saturated heterocycles. The van der Waals surface area contributed by atoms with Crippen LogP contribution in [0.2, 0.25) is 10.0 Å². The molecule has 0 aliphatic carbocycles. The molecule has 0 atom stereocenters. The van der Waals surface area contributed by atoms with E-state index in [4.69, 9.17) is 23.2 Å². The van der Waals surface area contributed by atoms with E-state index in [9.17, 15) is 0 Å². The van der Waals surface area contributed by atoms with Gasteiger partial charge in [0.15, 0.2) is 0 Å². The standard InChI is InChI=1S/C13H8BrCl2N/c1-7-4-12-10(14)2-3-17(12)13-9(7)5-8(15)6-11(13)16/h2-6H,1H3. The van der Waals surface area contributed by atoms with Gasteiger partial charge in [0.1, 0.15) is 0 Å². The number of nitrogens with zero attached hydrogens (tertiary/aromatic N) is 1. The number of halogens is 3. The first-order valence-electron chi connectivity index (χ1n) is 5.13. The zero-order chi connectivity index (χ0) is 12.2. The molecule has 0 spiro atoms. The average molecular weight is 329 g/mol. The molecule has 1 aromatic carbocycles. The van der Waals surface area contributed by atoms with Gasteiger partial charge < -0.3 is 4.40 Å². The Labute approximate surface area is 117 Å². The summed E-state index contributed by atoms with van der Waals surface area (Å²) in [6.07, 6.45) is 2.00. The number of aromatic nitrogens is 1. The van der Waals surface area contributed by atoms with E-state index in [2.05, 4.69) is 33.3 Å². The van der Waals surface area contributed by atoms with E-state index in [-0.39, 0.29) is 0 Å². The Morgan fingerprint density at radius 3 is 2.71 bits per heavy atom. The highest BCUT2D eigenvalue weighted by Crippen LogP contribution is 2.33. The molecule has 0 N–H and O–H groups in total. The highest BCUT2D eigenvalue weighted by Gasteiger charge is 2.10. The van der Waals surface area contributed by atoms with Crippen LogP contribution in [0, 0.1) is 6.92 Å². The van der Waals surface area contributed by atoms with Gasteiger partial charge in [-0.2, -0.15) is 0 Å². The number of hydrogen-bond donors (Lipinski definition) is 0. The lowest BCUT2D eigenvalue weighted by Gasteiger charge is -2.09. The summed E-state index contributed by atoms with van der Waals surface area (Å²) in [7, 11) is 0. The molecule has 1 nitrogen and oxygen atoms in total. The highest BCUT2D eigenvalue weighted by molar-refractivity contribution is 9.10. The normalized spacial score (nSPS) is 11.5. The average Bonchev–Trinajstić information content (AvgIpc) is 2.60. The van der Waals surface area contributed by atoms with Gasteiger partial charge in [-0.3, -0.25) is 0 Å². The fourth-order valence-corrected chi connectivity index (χ4v) is 3.16. The molecule has 0 aliphatic rings. The van der Waals surface area contributed by atoms with Crippen LogP contribution >= 0.6 is 39.1 Å². The first kappa shape index (κ1) is 11.4. The minimum absolute atomic E-state index is 0.663. The van der Waals surface area contributed by atoms with Crippen molar-refractivity contribution in [3.05, 3.63) is 50.5 Å². The Morgan fingerprint density at radius 1 is 1.18 bits per heavy atom. The van der Waals surface area contributed by atoms with E-state index in [1.807, 2.05) is 18.3 Å². The van der Waals surface area contributed by atoms with E-state index in [0.717, 1.165) is 26.5 Å². The van der Waals surface area contributed by atoms with Gasteiger partial charge >= 0.3 is 0 Å². The van der Waals surface area contributed by atoms with Gasteiger partial charge in [-0.05, 0) is 52.7 Å². The van der Waals surface area contributed by atoms with Crippen LogP contribution < -0.4 is 0 Å². The van der Waals surface area contributed by atoms with Crippen LogP contribution in [0.25, 0.3) is 16.4 Å². The quantitative estimate of drug-likeness (QED) is 0.515. The summed E-state index contributed by atoms with van der Waals surface area (Å²) in [6.45, 7) is 2.06. The Morgan fingerprint density at radius 2 is 1.94 bits per heavy atom. The maximum atomic E-state index is 6.30. The molecule has 0 amide bonds. The van der Waals surface area contributed by atoms with Gasteiger partial charge in [0.05, 0.1) is 16.1 Å². The van der Waals surface area contributed by atoms with Crippen LogP contribution in [0.5, 0.6) is 0 Å². The van der Waals surface area contributed by atoms with Crippen molar-refractivity contribution in [3.63, 3.8) is 0 Å². The maximum Gasteiger partial charge on any atom is 0.0719 e. The van der Waals surface area contributed by atoms with Crippen LogP contribution in [-0.4, -0.2) is 4.40 Å². The predicted octanol–water partition coefficient (Wildman–Crippen LogP) is 5.47. The van der Waals surface area contributed by atoms with Crippen molar-refractivity contribution < 1.29 is 0 Å². The molecule has 0 saturated carbocycles. The lowest BCUT2D eigenvalue weighted by molar-refractivity contribution is 1.26. The third-order valence-corrected chi connectivity index (χ3v) is 4.10. The van der Waals surface area contributed by atoms with Crippen molar-refractivity contribution in [2.45, 2.75) is 6.92 Å².